The van der Waals surface area contributed by atoms with E-state index in [2.05, 4.69) is 9.97 Å². The van der Waals surface area contributed by atoms with Crippen LogP contribution in [0.4, 0.5) is 5.69 Å². The largest absolute Gasteiger partial charge is 0.509 e. The Hall–Kier alpha value is -3.68. The Balaban J connectivity index is 1.69. The molecule has 0 amide bonds. The highest BCUT2D eigenvalue weighted by molar-refractivity contribution is 6.30. The molecule has 0 radical (unpaired) electrons. The van der Waals surface area contributed by atoms with Crippen LogP contribution >= 0.6 is 0 Å². The summed E-state index contributed by atoms with van der Waals surface area (Å²) in [5.74, 6) is 2.52. The van der Waals surface area contributed by atoms with Gasteiger partial charge in [0.2, 0.25) is 0 Å². The summed E-state index contributed by atoms with van der Waals surface area (Å²) in [4.78, 5) is 9.36. The number of aliphatic hydroxyl groups is 1. The Kier molecular flexibility index (Phi) is 4.31. The first kappa shape index (κ1) is 17.7. The van der Waals surface area contributed by atoms with E-state index in [1.807, 2.05) is 24.3 Å². The third kappa shape index (κ3) is 2.79. The van der Waals surface area contributed by atoms with Gasteiger partial charge in [-0.05, 0) is 24.3 Å². The Labute approximate surface area is 161 Å². The van der Waals surface area contributed by atoms with Crippen LogP contribution in [0.5, 0.6) is 17.2 Å². The number of hydrogen-bond donors (Lipinski definition) is 3. The van der Waals surface area contributed by atoms with Crippen molar-refractivity contribution in [2.45, 2.75) is 0 Å². The zero-order valence-electron chi connectivity index (χ0n) is 15.7. The quantitative estimate of drug-likeness (QED) is 0.627. The molecule has 144 valence electrons. The molecule has 1 aliphatic heterocycles. The molecule has 1 aromatic heterocycles. The zero-order valence-corrected chi connectivity index (χ0v) is 15.7. The fourth-order valence-electron chi connectivity index (χ4n) is 3.28. The Bertz CT molecular complexity index is 1100. The SMILES string of the molecule is COc1ccc2nc(C3=C(O)CN(c4ccc(OC)c(OC)c4)C3=N)[nH]c2c1. The first-order valence-corrected chi connectivity index (χ1v) is 8.60. The molecule has 4 rings (SSSR count). The molecule has 0 saturated carbocycles. The number of nitrogens with zero attached hydrogens (tertiary/aromatic N) is 2. The first-order chi connectivity index (χ1) is 13.5. The molecule has 8 heteroatoms. The second kappa shape index (κ2) is 6.80. The van der Waals surface area contributed by atoms with Gasteiger partial charge in [-0.3, -0.25) is 5.41 Å². The van der Waals surface area contributed by atoms with Gasteiger partial charge in [0.25, 0.3) is 0 Å². The summed E-state index contributed by atoms with van der Waals surface area (Å²) in [7, 11) is 4.72. The molecule has 28 heavy (non-hydrogen) atoms. The van der Waals surface area contributed by atoms with E-state index >= 15 is 0 Å². The van der Waals surface area contributed by atoms with Gasteiger partial charge >= 0.3 is 0 Å². The normalized spacial score (nSPS) is 14.1. The van der Waals surface area contributed by atoms with Crippen LogP contribution in [-0.4, -0.2) is 48.8 Å². The molecule has 0 aliphatic carbocycles. The number of fused-ring (bicyclic) bond motifs is 1. The Morgan fingerprint density at radius 3 is 2.54 bits per heavy atom. The van der Waals surface area contributed by atoms with Crippen LogP contribution < -0.4 is 19.1 Å². The maximum Gasteiger partial charge on any atom is 0.162 e. The van der Waals surface area contributed by atoms with Crippen molar-refractivity contribution in [2.75, 3.05) is 32.8 Å². The fraction of sp³-hybridized carbons (Fsp3) is 0.200. The summed E-state index contributed by atoms with van der Waals surface area (Å²) < 4.78 is 15.8. The van der Waals surface area contributed by atoms with Gasteiger partial charge in [-0.25, -0.2) is 4.98 Å². The standard InChI is InChI=1S/C20H20N4O4/c1-26-12-5-6-13-14(9-12)23-20(22-13)18-15(25)10-24(19(18)21)11-4-7-16(27-2)17(8-11)28-3/h4-9,21,25H,10H2,1-3H3,(H,22,23). The van der Waals surface area contributed by atoms with E-state index < -0.39 is 0 Å². The van der Waals surface area contributed by atoms with Crippen molar-refractivity contribution in [3.63, 3.8) is 0 Å². The average Bonchev–Trinajstić information content (AvgIpc) is 3.26. The van der Waals surface area contributed by atoms with Gasteiger partial charge < -0.3 is 29.2 Å². The van der Waals surface area contributed by atoms with Crippen LogP contribution in [0.2, 0.25) is 0 Å². The zero-order chi connectivity index (χ0) is 19.8. The number of rotatable bonds is 5. The molecule has 0 bridgehead atoms. The van der Waals surface area contributed by atoms with Crippen LogP contribution in [0.1, 0.15) is 5.82 Å². The number of aliphatic hydroxyl groups excluding tert-OH is 1. The third-order valence-electron chi connectivity index (χ3n) is 4.71. The minimum absolute atomic E-state index is 0.0748. The molecule has 2 aromatic carbocycles. The molecule has 2 heterocycles. The van der Waals surface area contributed by atoms with Gasteiger partial charge in [-0.2, -0.15) is 0 Å². The predicted molar refractivity (Wildman–Crippen MR) is 107 cm³/mol. The number of hydrogen-bond acceptors (Lipinski definition) is 6. The summed E-state index contributed by atoms with van der Waals surface area (Å²) >= 11 is 0. The lowest BCUT2D eigenvalue weighted by Gasteiger charge is -2.20. The van der Waals surface area contributed by atoms with Crippen molar-refractivity contribution < 1.29 is 19.3 Å². The van der Waals surface area contributed by atoms with Crippen molar-refractivity contribution in [1.29, 1.82) is 5.41 Å². The van der Waals surface area contributed by atoms with E-state index in [1.165, 1.54) is 0 Å². The van der Waals surface area contributed by atoms with Gasteiger partial charge in [0.15, 0.2) is 11.5 Å². The molecule has 1 aliphatic rings. The van der Waals surface area contributed by atoms with Gasteiger partial charge in [0.05, 0.1) is 44.5 Å². The van der Waals surface area contributed by atoms with E-state index in [4.69, 9.17) is 19.6 Å². The second-order valence-electron chi connectivity index (χ2n) is 6.26. The molecular weight excluding hydrogens is 360 g/mol. The van der Waals surface area contributed by atoms with Crippen LogP contribution in [0.15, 0.2) is 42.2 Å². The molecular formula is C20H20N4O4. The fourth-order valence-corrected chi connectivity index (χ4v) is 3.28. The molecule has 0 fully saturated rings. The molecule has 3 aromatic rings. The molecule has 0 spiro atoms. The van der Waals surface area contributed by atoms with Crippen LogP contribution in [0, 0.1) is 5.41 Å². The first-order valence-electron chi connectivity index (χ1n) is 8.60. The van der Waals surface area contributed by atoms with Gasteiger partial charge in [0, 0.05) is 17.8 Å². The maximum absolute atomic E-state index is 10.6. The lowest BCUT2D eigenvalue weighted by atomic mass is 10.2. The van der Waals surface area contributed by atoms with Crippen LogP contribution in [0.25, 0.3) is 16.6 Å². The highest BCUT2D eigenvalue weighted by atomic mass is 16.5. The number of benzene rings is 2. The summed E-state index contributed by atoms with van der Waals surface area (Å²) in [6, 6.07) is 10.8. The highest BCUT2D eigenvalue weighted by Gasteiger charge is 2.31. The molecule has 3 N–H and O–H groups in total. The summed E-state index contributed by atoms with van der Waals surface area (Å²) in [5, 5.41) is 19.2. The monoisotopic (exact) mass is 380 g/mol. The minimum Gasteiger partial charge on any atom is -0.509 e. The molecule has 8 nitrogen and oxygen atoms in total. The average molecular weight is 380 g/mol. The highest BCUT2D eigenvalue weighted by Crippen LogP contribution is 2.36. The molecule has 0 atom stereocenters. The maximum atomic E-state index is 10.6. The number of ether oxygens (including phenoxy) is 3. The van der Waals surface area contributed by atoms with Crippen molar-refractivity contribution >= 4 is 28.1 Å². The van der Waals surface area contributed by atoms with Gasteiger partial charge in [-0.15, -0.1) is 0 Å². The summed E-state index contributed by atoms with van der Waals surface area (Å²) in [6.07, 6.45) is 0. The van der Waals surface area contributed by atoms with E-state index in [9.17, 15) is 5.11 Å². The molecule has 0 unspecified atom stereocenters. The van der Waals surface area contributed by atoms with E-state index in [0.717, 1.165) is 11.0 Å². The van der Waals surface area contributed by atoms with Crippen molar-refractivity contribution in [1.82, 2.24) is 9.97 Å². The number of aromatic amines is 1. The van der Waals surface area contributed by atoms with Crippen molar-refractivity contribution in [2.24, 2.45) is 0 Å². The number of amidine groups is 1. The van der Waals surface area contributed by atoms with E-state index in [-0.39, 0.29) is 18.1 Å². The Morgan fingerprint density at radius 2 is 1.82 bits per heavy atom. The number of imidazole rings is 1. The molecule has 0 saturated heterocycles. The van der Waals surface area contributed by atoms with Crippen molar-refractivity contribution in [3.8, 4) is 17.2 Å². The van der Waals surface area contributed by atoms with Gasteiger partial charge in [-0.1, -0.05) is 0 Å². The summed E-state index contributed by atoms with van der Waals surface area (Å²) in [6.45, 7) is 0.171. The lowest BCUT2D eigenvalue weighted by Crippen LogP contribution is -2.26. The van der Waals surface area contributed by atoms with E-state index in [1.54, 1.807) is 38.4 Å². The third-order valence-corrected chi connectivity index (χ3v) is 4.71. The topological polar surface area (TPSA) is 104 Å². The lowest BCUT2D eigenvalue weighted by molar-refractivity contribution is 0.355. The smallest absolute Gasteiger partial charge is 0.162 e. The van der Waals surface area contributed by atoms with E-state index in [0.29, 0.717) is 34.3 Å². The summed E-state index contributed by atoms with van der Waals surface area (Å²) in [5.41, 5.74) is 2.58. The van der Waals surface area contributed by atoms with Crippen molar-refractivity contribution in [3.05, 3.63) is 48.0 Å². The number of anilines is 1. The van der Waals surface area contributed by atoms with Gasteiger partial charge in [0.1, 0.15) is 23.2 Å². The number of H-pyrrole nitrogens is 1. The second-order valence-corrected chi connectivity index (χ2v) is 6.26. The van der Waals surface area contributed by atoms with Crippen LogP contribution in [0.3, 0.4) is 0 Å². The number of nitrogens with one attached hydrogen (secondary N) is 2. The number of aromatic nitrogens is 2. The minimum atomic E-state index is 0.0748. The predicted octanol–water partition coefficient (Wildman–Crippen LogP) is 3.36. The number of methoxy groups -OCH3 is 3. The Morgan fingerprint density at radius 1 is 1.04 bits per heavy atom. The van der Waals surface area contributed by atoms with Crippen LogP contribution in [-0.2, 0) is 0 Å².